The van der Waals surface area contributed by atoms with Crippen LogP contribution in [0, 0.1) is 0 Å². The Labute approximate surface area is 128 Å². The number of carboxylic acids is 1. The Kier molecular flexibility index (Phi) is 3.48. The van der Waals surface area contributed by atoms with Crippen LogP contribution in [0.15, 0.2) is 24.3 Å². The Morgan fingerprint density at radius 1 is 1.36 bits per heavy atom. The highest BCUT2D eigenvalue weighted by Gasteiger charge is 2.37. The molecular formula is C15H19N5O2. The molecule has 0 spiro atoms. The van der Waals surface area contributed by atoms with Crippen molar-refractivity contribution in [3.05, 3.63) is 35.7 Å². The van der Waals surface area contributed by atoms with Crippen molar-refractivity contribution in [3.8, 4) is 0 Å². The first kappa shape index (κ1) is 14.4. The van der Waals surface area contributed by atoms with Gasteiger partial charge in [0.2, 0.25) is 5.95 Å². The third-order valence-electron chi connectivity index (χ3n) is 4.13. The highest BCUT2D eigenvalue weighted by atomic mass is 16.4. The summed E-state index contributed by atoms with van der Waals surface area (Å²) in [6, 6.07) is 7.21. The van der Waals surface area contributed by atoms with Gasteiger partial charge in [0.25, 0.3) is 0 Å². The van der Waals surface area contributed by atoms with E-state index < -0.39 is 12.0 Å². The fourth-order valence-corrected chi connectivity index (χ4v) is 3.03. The van der Waals surface area contributed by atoms with Crippen LogP contribution >= 0.6 is 0 Å². The van der Waals surface area contributed by atoms with Gasteiger partial charge in [0.1, 0.15) is 5.82 Å². The number of anilines is 2. The number of nitrogens with two attached hydrogens (primary N) is 1. The maximum atomic E-state index is 11.7. The van der Waals surface area contributed by atoms with Crippen LogP contribution in [0.1, 0.15) is 29.8 Å². The van der Waals surface area contributed by atoms with Crippen molar-refractivity contribution in [2.24, 2.45) is 0 Å². The van der Waals surface area contributed by atoms with Crippen LogP contribution in [0.5, 0.6) is 0 Å². The van der Waals surface area contributed by atoms with E-state index in [9.17, 15) is 9.90 Å². The van der Waals surface area contributed by atoms with Gasteiger partial charge in [-0.25, -0.2) is 9.48 Å². The van der Waals surface area contributed by atoms with E-state index in [0.717, 1.165) is 17.7 Å². The summed E-state index contributed by atoms with van der Waals surface area (Å²) in [6.07, 6.45) is 1.39. The van der Waals surface area contributed by atoms with Gasteiger partial charge in [-0.2, -0.15) is 4.98 Å². The van der Waals surface area contributed by atoms with Crippen LogP contribution < -0.4 is 10.6 Å². The number of aryl methyl sites for hydroxylation is 1. The second-order valence-electron chi connectivity index (χ2n) is 5.75. The lowest BCUT2D eigenvalue weighted by atomic mass is 9.85. The second-order valence-corrected chi connectivity index (χ2v) is 5.75. The van der Waals surface area contributed by atoms with Crippen molar-refractivity contribution in [1.82, 2.24) is 14.8 Å². The molecule has 2 unspecified atom stereocenters. The second kappa shape index (κ2) is 5.32. The predicted molar refractivity (Wildman–Crippen MR) is 82.9 cm³/mol. The van der Waals surface area contributed by atoms with Crippen LogP contribution in [0.4, 0.5) is 11.6 Å². The first-order valence-electron chi connectivity index (χ1n) is 7.18. The summed E-state index contributed by atoms with van der Waals surface area (Å²) in [5.74, 6) is -0.272. The Morgan fingerprint density at radius 2 is 2.05 bits per heavy atom. The van der Waals surface area contributed by atoms with E-state index in [-0.39, 0.29) is 11.9 Å². The molecule has 2 aromatic rings. The molecule has 7 heteroatoms. The van der Waals surface area contributed by atoms with Gasteiger partial charge >= 0.3 is 5.97 Å². The fraction of sp³-hybridized carbons (Fsp3) is 0.400. The van der Waals surface area contributed by atoms with Gasteiger partial charge < -0.3 is 15.7 Å². The number of nitrogens with zero attached hydrogens (tertiary/aromatic N) is 4. The number of aromatic nitrogens is 3. The summed E-state index contributed by atoms with van der Waals surface area (Å²) in [7, 11) is 3.94. The van der Waals surface area contributed by atoms with Crippen molar-refractivity contribution in [2.45, 2.75) is 24.8 Å². The van der Waals surface area contributed by atoms with Crippen molar-refractivity contribution >= 4 is 17.6 Å². The molecule has 1 aromatic carbocycles. The first-order valence-corrected chi connectivity index (χ1v) is 7.18. The maximum Gasteiger partial charge on any atom is 0.329 e. The molecule has 116 valence electrons. The molecular weight excluding hydrogens is 282 g/mol. The molecule has 22 heavy (non-hydrogen) atoms. The molecule has 2 heterocycles. The average molecular weight is 301 g/mol. The SMILES string of the molecule is CN(C)c1ccc(C2CCc3nc(N)nn3C2C(=O)O)cc1. The molecule has 1 aromatic heterocycles. The molecule has 7 nitrogen and oxygen atoms in total. The monoisotopic (exact) mass is 301 g/mol. The summed E-state index contributed by atoms with van der Waals surface area (Å²) in [4.78, 5) is 17.9. The van der Waals surface area contributed by atoms with Crippen LogP contribution in [0.2, 0.25) is 0 Å². The van der Waals surface area contributed by atoms with Gasteiger partial charge in [-0.3, -0.25) is 0 Å². The number of nitrogen functional groups attached to an aromatic ring is 1. The minimum Gasteiger partial charge on any atom is -0.480 e. The summed E-state index contributed by atoms with van der Waals surface area (Å²) in [6.45, 7) is 0. The number of rotatable bonds is 3. The van der Waals surface area contributed by atoms with Crippen molar-refractivity contribution in [3.63, 3.8) is 0 Å². The van der Waals surface area contributed by atoms with E-state index >= 15 is 0 Å². The van der Waals surface area contributed by atoms with Gasteiger partial charge in [-0.15, -0.1) is 5.10 Å². The molecule has 0 amide bonds. The topological polar surface area (TPSA) is 97.3 Å². The summed E-state index contributed by atoms with van der Waals surface area (Å²) >= 11 is 0. The molecule has 2 atom stereocenters. The molecule has 0 fully saturated rings. The number of fused-ring (bicyclic) bond motifs is 1. The first-order chi connectivity index (χ1) is 10.5. The van der Waals surface area contributed by atoms with E-state index in [1.54, 1.807) is 0 Å². The van der Waals surface area contributed by atoms with Gasteiger partial charge in [0.15, 0.2) is 6.04 Å². The van der Waals surface area contributed by atoms with E-state index in [2.05, 4.69) is 10.1 Å². The zero-order chi connectivity index (χ0) is 15.9. The maximum absolute atomic E-state index is 11.7. The molecule has 3 rings (SSSR count). The van der Waals surface area contributed by atoms with Crippen molar-refractivity contribution < 1.29 is 9.90 Å². The van der Waals surface area contributed by atoms with Crippen molar-refractivity contribution in [1.29, 1.82) is 0 Å². The molecule has 0 aliphatic carbocycles. The minimum atomic E-state index is -0.910. The lowest BCUT2D eigenvalue weighted by molar-refractivity contribution is -0.142. The molecule has 1 aliphatic heterocycles. The number of benzene rings is 1. The van der Waals surface area contributed by atoms with Crippen LogP contribution in [-0.2, 0) is 11.2 Å². The van der Waals surface area contributed by atoms with E-state index in [4.69, 9.17) is 5.73 Å². The van der Waals surface area contributed by atoms with Crippen LogP contribution in [0.3, 0.4) is 0 Å². The Morgan fingerprint density at radius 3 is 2.64 bits per heavy atom. The molecule has 0 radical (unpaired) electrons. The summed E-state index contributed by atoms with van der Waals surface area (Å²) in [5, 5.41) is 13.7. The van der Waals surface area contributed by atoms with Gasteiger partial charge in [-0.05, 0) is 24.1 Å². The lowest BCUT2D eigenvalue weighted by Crippen LogP contribution is -2.32. The van der Waals surface area contributed by atoms with Crippen molar-refractivity contribution in [2.75, 3.05) is 24.7 Å². The zero-order valence-electron chi connectivity index (χ0n) is 12.6. The van der Waals surface area contributed by atoms with Gasteiger partial charge in [0.05, 0.1) is 0 Å². The van der Waals surface area contributed by atoms with Crippen LogP contribution in [0.25, 0.3) is 0 Å². The van der Waals surface area contributed by atoms with E-state index in [1.807, 2.05) is 43.3 Å². The number of carboxylic acid groups (broad SMARTS) is 1. The van der Waals surface area contributed by atoms with E-state index in [1.165, 1.54) is 4.68 Å². The quantitative estimate of drug-likeness (QED) is 0.886. The number of hydrogen-bond donors (Lipinski definition) is 2. The number of carbonyl (C=O) groups is 1. The average Bonchev–Trinajstić information content (AvgIpc) is 2.86. The fourth-order valence-electron chi connectivity index (χ4n) is 3.03. The molecule has 0 bridgehead atoms. The normalized spacial score (nSPS) is 20.5. The lowest BCUT2D eigenvalue weighted by Gasteiger charge is -2.29. The third-order valence-corrected chi connectivity index (χ3v) is 4.13. The van der Waals surface area contributed by atoms with Crippen LogP contribution in [-0.4, -0.2) is 39.9 Å². The minimum absolute atomic E-state index is 0.129. The summed E-state index contributed by atoms with van der Waals surface area (Å²) < 4.78 is 1.46. The zero-order valence-corrected chi connectivity index (χ0v) is 12.6. The molecule has 0 saturated carbocycles. The highest BCUT2D eigenvalue weighted by Crippen LogP contribution is 2.38. The Balaban J connectivity index is 1.98. The predicted octanol–water partition coefficient (Wildman–Crippen LogP) is 1.28. The molecule has 3 N–H and O–H groups in total. The third kappa shape index (κ3) is 2.38. The molecule has 1 aliphatic rings. The van der Waals surface area contributed by atoms with Gasteiger partial charge in [0, 0.05) is 32.1 Å². The standard InChI is InChI=1S/C15H19N5O2/c1-19(2)10-5-3-9(4-6-10)11-7-8-12-17-15(16)18-20(12)13(11)14(21)22/h3-6,11,13H,7-8H2,1-2H3,(H2,16,18)(H,21,22). The summed E-state index contributed by atoms with van der Waals surface area (Å²) in [5.41, 5.74) is 7.70. The van der Waals surface area contributed by atoms with Gasteiger partial charge in [-0.1, -0.05) is 12.1 Å². The largest absolute Gasteiger partial charge is 0.480 e. The highest BCUT2D eigenvalue weighted by molar-refractivity contribution is 5.73. The number of aliphatic carboxylic acids is 1. The Hall–Kier alpha value is -2.57. The Bertz CT molecular complexity index is 692. The van der Waals surface area contributed by atoms with E-state index in [0.29, 0.717) is 12.2 Å². The smallest absolute Gasteiger partial charge is 0.329 e. The molecule has 0 saturated heterocycles. The number of hydrogen-bond acceptors (Lipinski definition) is 5.